The lowest BCUT2D eigenvalue weighted by atomic mass is 10.0. The number of hydrogen-bond donors (Lipinski definition) is 2. The van der Waals surface area contributed by atoms with Crippen LogP contribution in [0.25, 0.3) is 11.0 Å². The number of rotatable bonds is 8. The second-order valence-electron chi connectivity index (χ2n) is 7.49. The molecule has 0 radical (unpaired) electrons. The third-order valence-corrected chi connectivity index (χ3v) is 7.08. The van der Waals surface area contributed by atoms with Crippen molar-refractivity contribution in [3.8, 4) is 0 Å². The predicted octanol–water partition coefficient (Wildman–Crippen LogP) is 4.03. The van der Waals surface area contributed by atoms with Gasteiger partial charge in [-0.3, -0.25) is 4.79 Å². The minimum atomic E-state index is -3.81. The Bertz CT molecular complexity index is 1400. The zero-order chi connectivity index (χ0) is 23.4. The highest BCUT2D eigenvalue weighted by molar-refractivity contribution is 7.99. The number of benzene rings is 3. The van der Waals surface area contributed by atoms with Crippen LogP contribution in [-0.2, 0) is 27.8 Å². The molecule has 1 amide bonds. The first-order valence-electron chi connectivity index (χ1n) is 10.4. The number of carbonyl (C=O) groups is 1. The van der Waals surface area contributed by atoms with Gasteiger partial charge in [-0.25, -0.2) is 18.5 Å². The Balaban J connectivity index is 1.48. The van der Waals surface area contributed by atoms with Crippen molar-refractivity contribution in [1.82, 2.24) is 9.55 Å². The van der Waals surface area contributed by atoms with Crippen LogP contribution >= 0.6 is 11.8 Å². The first kappa shape index (κ1) is 23.0. The van der Waals surface area contributed by atoms with Crippen LogP contribution in [0.3, 0.4) is 0 Å². The average Bonchev–Trinajstić information content (AvgIpc) is 3.16. The molecular formula is C24H24N4O3S2. The van der Waals surface area contributed by atoms with Crippen LogP contribution in [0.5, 0.6) is 0 Å². The summed E-state index contributed by atoms with van der Waals surface area (Å²) in [5.41, 5.74) is 4.32. The molecule has 9 heteroatoms. The van der Waals surface area contributed by atoms with E-state index >= 15 is 0 Å². The summed E-state index contributed by atoms with van der Waals surface area (Å²) in [5, 5.41) is 8.89. The quantitative estimate of drug-likeness (QED) is 0.370. The fraction of sp³-hybridized carbons (Fsp3) is 0.167. The molecule has 0 unspecified atom stereocenters. The number of fused-ring (bicyclic) bond motifs is 1. The van der Waals surface area contributed by atoms with Crippen molar-refractivity contribution in [1.29, 1.82) is 0 Å². The van der Waals surface area contributed by atoms with Gasteiger partial charge in [-0.15, -0.1) is 0 Å². The number of aromatic nitrogens is 2. The van der Waals surface area contributed by atoms with E-state index in [2.05, 4.69) is 22.4 Å². The molecule has 0 spiro atoms. The molecule has 4 rings (SSSR count). The van der Waals surface area contributed by atoms with E-state index in [0.29, 0.717) is 17.2 Å². The first-order chi connectivity index (χ1) is 15.8. The van der Waals surface area contributed by atoms with E-state index in [9.17, 15) is 13.2 Å². The van der Waals surface area contributed by atoms with Gasteiger partial charge in [0.15, 0.2) is 5.16 Å². The van der Waals surface area contributed by atoms with Gasteiger partial charge >= 0.3 is 0 Å². The molecule has 0 aliphatic heterocycles. The lowest BCUT2D eigenvalue weighted by Gasteiger charge is -2.11. The molecule has 0 bridgehead atoms. The third-order valence-electron chi connectivity index (χ3n) is 5.19. The second kappa shape index (κ2) is 9.78. The summed E-state index contributed by atoms with van der Waals surface area (Å²) in [6, 6.07) is 22.5. The van der Waals surface area contributed by atoms with Gasteiger partial charge < -0.3 is 9.88 Å². The van der Waals surface area contributed by atoms with Gasteiger partial charge in [0.05, 0.1) is 21.7 Å². The number of anilines is 1. The summed E-state index contributed by atoms with van der Waals surface area (Å²) < 4.78 is 25.3. The van der Waals surface area contributed by atoms with E-state index < -0.39 is 10.0 Å². The number of para-hydroxylation sites is 1. The number of amides is 1. The summed E-state index contributed by atoms with van der Waals surface area (Å²) in [7, 11) is -3.81. The lowest BCUT2D eigenvalue weighted by Crippen LogP contribution is -2.16. The number of primary sulfonamides is 1. The Morgan fingerprint density at radius 1 is 1.06 bits per heavy atom. The minimum absolute atomic E-state index is 0.0140. The highest BCUT2D eigenvalue weighted by atomic mass is 32.2. The summed E-state index contributed by atoms with van der Waals surface area (Å²) in [5.74, 6) is 0.0332. The van der Waals surface area contributed by atoms with E-state index in [4.69, 9.17) is 5.14 Å². The predicted molar refractivity (Wildman–Crippen MR) is 132 cm³/mol. The summed E-state index contributed by atoms with van der Waals surface area (Å²) in [4.78, 5) is 17.3. The Morgan fingerprint density at radius 3 is 2.52 bits per heavy atom. The van der Waals surface area contributed by atoms with Gasteiger partial charge in [-0.1, -0.05) is 60.3 Å². The van der Waals surface area contributed by atoms with Crippen LogP contribution in [0.4, 0.5) is 5.69 Å². The molecule has 7 nitrogen and oxygen atoms in total. The molecule has 3 aromatic carbocycles. The number of nitrogens with two attached hydrogens (primary N) is 1. The first-order valence-corrected chi connectivity index (χ1v) is 13.0. The number of carbonyl (C=O) groups excluding carboxylic acids is 1. The highest BCUT2D eigenvalue weighted by Crippen LogP contribution is 2.26. The van der Waals surface area contributed by atoms with Crippen LogP contribution < -0.4 is 10.5 Å². The van der Waals surface area contributed by atoms with Crippen LogP contribution in [-0.4, -0.2) is 29.6 Å². The van der Waals surface area contributed by atoms with Crippen molar-refractivity contribution < 1.29 is 13.2 Å². The van der Waals surface area contributed by atoms with Crippen molar-refractivity contribution in [2.24, 2.45) is 5.14 Å². The van der Waals surface area contributed by atoms with Crippen LogP contribution in [0, 0.1) is 0 Å². The monoisotopic (exact) mass is 480 g/mol. The number of imidazole rings is 1. The molecule has 0 saturated heterocycles. The van der Waals surface area contributed by atoms with E-state index in [1.54, 1.807) is 6.07 Å². The van der Waals surface area contributed by atoms with E-state index in [-0.39, 0.29) is 16.6 Å². The molecule has 33 heavy (non-hydrogen) atoms. The van der Waals surface area contributed by atoms with Gasteiger partial charge in [0, 0.05) is 12.2 Å². The molecule has 0 saturated carbocycles. The Labute approximate surface area is 197 Å². The molecule has 0 fully saturated rings. The van der Waals surface area contributed by atoms with Gasteiger partial charge in [-0.2, -0.15) is 0 Å². The normalized spacial score (nSPS) is 11.6. The average molecular weight is 481 g/mol. The van der Waals surface area contributed by atoms with Crippen LogP contribution in [0.15, 0.2) is 82.8 Å². The van der Waals surface area contributed by atoms with Crippen molar-refractivity contribution >= 4 is 44.4 Å². The standard InChI is InChI=1S/C24H24N4O3S2/c1-2-28-22-13-12-19(33(25,30)31)15-21(22)27-24(28)32-16-23(29)26-20-11-7-6-10-18(20)14-17-8-4-3-5-9-17/h3-13,15H,2,14,16H2,1H3,(H,26,29)(H2,25,30,31). The molecule has 1 heterocycles. The number of thioether (sulfide) groups is 1. The number of hydrogen-bond acceptors (Lipinski definition) is 5. The fourth-order valence-electron chi connectivity index (χ4n) is 3.61. The van der Waals surface area contributed by atoms with Crippen molar-refractivity contribution in [2.75, 3.05) is 11.1 Å². The second-order valence-corrected chi connectivity index (χ2v) is 9.99. The van der Waals surface area contributed by atoms with Gasteiger partial charge in [0.2, 0.25) is 15.9 Å². The largest absolute Gasteiger partial charge is 0.325 e. The van der Waals surface area contributed by atoms with E-state index in [1.807, 2.05) is 54.0 Å². The summed E-state index contributed by atoms with van der Waals surface area (Å²) in [6.45, 7) is 2.60. The van der Waals surface area contributed by atoms with Gasteiger partial charge in [0.1, 0.15) is 0 Å². The number of nitrogens with one attached hydrogen (secondary N) is 1. The van der Waals surface area contributed by atoms with E-state index in [0.717, 1.165) is 23.2 Å². The Hall–Kier alpha value is -3.14. The van der Waals surface area contributed by atoms with Crippen molar-refractivity contribution in [3.05, 3.63) is 83.9 Å². The number of aryl methyl sites for hydroxylation is 1. The topological polar surface area (TPSA) is 107 Å². The maximum atomic E-state index is 12.7. The van der Waals surface area contributed by atoms with E-state index in [1.165, 1.54) is 29.5 Å². The highest BCUT2D eigenvalue weighted by Gasteiger charge is 2.16. The summed E-state index contributed by atoms with van der Waals surface area (Å²) >= 11 is 1.31. The van der Waals surface area contributed by atoms with Crippen LogP contribution in [0.1, 0.15) is 18.1 Å². The number of sulfonamides is 1. The summed E-state index contributed by atoms with van der Waals surface area (Å²) in [6.07, 6.45) is 0.725. The third kappa shape index (κ3) is 5.44. The smallest absolute Gasteiger partial charge is 0.238 e. The molecule has 0 aliphatic rings. The molecule has 4 aromatic rings. The van der Waals surface area contributed by atoms with Crippen LogP contribution in [0.2, 0.25) is 0 Å². The zero-order valence-electron chi connectivity index (χ0n) is 18.1. The van der Waals surface area contributed by atoms with Crippen molar-refractivity contribution in [2.45, 2.75) is 29.9 Å². The van der Waals surface area contributed by atoms with Gasteiger partial charge in [0.25, 0.3) is 0 Å². The maximum Gasteiger partial charge on any atom is 0.238 e. The molecule has 170 valence electrons. The molecule has 0 aliphatic carbocycles. The Kier molecular flexibility index (Phi) is 6.83. The van der Waals surface area contributed by atoms with Crippen molar-refractivity contribution in [3.63, 3.8) is 0 Å². The lowest BCUT2D eigenvalue weighted by molar-refractivity contribution is -0.113. The molecule has 3 N–H and O–H groups in total. The Morgan fingerprint density at radius 2 is 1.79 bits per heavy atom. The molecular weight excluding hydrogens is 456 g/mol. The minimum Gasteiger partial charge on any atom is -0.325 e. The SMILES string of the molecule is CCn1c(SCC(=O)Nc2ccccc2Cc2ccccc2)nc2cc(S(N)(=O)=O)ccc21. The van der Waals surface area contributed by atoms with Gasteiger partial charge in [-0.05, 0) is 48.7 Å². The fourth-order valence-corrected chi connectivity index (χ4v) is 5.02. The zero-order valence-corrected chi connectivity index (χ0v) is 19.7. The number of nitrogens with zero attached hydrogens (tertiary/aromatic N) is 2. The molecule has 0 atom stereocenters. The molecule has 1 aromatic heterocycles. The maximum absolute atomic E-state index is 12.7.